The Morgan fingerprint density at radius 3 is 2.22 bits per heavy atom. The second kappa shape index (κ2) is 11.7. The van der Waals surface area contributed by atoms with Crippen LogP contribution in [0, 0.1) is 5.41 Å². The van der Waals surface area contributed by atoms with Crippen molar-refractivity contribution in [1.82, 2.24) is 5.32 Å². The fraction of sp³-hybridized carbons (Fsp3) is 0.400. The highest BCUT2D eigenvalue weighted by Gasteiger charge is 2.29. The monoisotopic (exact) mass is 459 g/mol. The highest BCUT2D eigenvalue weighted by molar-refractivity contribution is 6.30. The summed E-state index contributed by atoms with van der Waals surface area (Å²) < 4.78 is 10.7. The quantitative estimate of drug-likeness (QED) is 0.515. The lowest BCUT2D eigenvalue weighted by Crippen LogP contribution is -2.37. The van der Waals surface area contributed by atoms with Crippen LogP contribution < -0.4 is 5.32 Å². The van der Waals surface area contributed by atoms with E-state index < -0.39 is 29.5 Å². The molecule has 0 aliphatic carbocycles. The molecule has 0 saturated heterocycles. The summed E-state index contributed by atoms with van der Waals surface area (Å²) in [7, 11) is 0. The molecular weight excluding hydrogens is 430 g/mol. The number of ether oxygens (including phenoxy) is 2. The molecule has 0 aliphatic rings. The van der Waals surface area contributed by atoms with Gasteiger partial charge in [-0.2, -0.15) is 0 Å². The van der Waals surface area contributed by atoms with E-state index in [1.807, 2.05) is 30.3 Å². The number of halogens is 1. The smallest absolute Gasteiger partial charge is 0.407 e. The average Bonchev–Trinajstić information content (AvgIpc) is 2.75. The summed E-state index contributed by atoms with van der Waals surface area (Å²) >= 11 is 5.97. The van der Waals surface area contributed by atoms with Crippen molar-refractivity contribution in [2.24, 2.45) is 5.41 Å². The van der Waals surface area contributed by atoms with Gasteiger partial charge in [0.15, 0.2) is 11.9 Å². The summed E-state index contributed by atoms with van der Waals surface area (Å²) in [5, 5.41) is 3.17. The molecule has 7 heteroatoms. The van der Waals surface area contributed by atoms with E-state index in [9.17, 15) is 14.4 Å². The maximum atomic E-state index is 12.8. The molecule has 172 valence electrons. The second-order valence-electron chi connectivity index (χ2n) is 8.57. The number of esters is 1. The second-order valence-corrected chi connectivity index (χ2v) is 9.01. The Morgan fingerprint density at radius 1 is 1.00 bits per heavy atom. The van der Waals surface area contributed by atoms with Crippen LogP contribution >= 0.6 is 11.6 Å². The number of ketones is 1. The molecule has 0 aromatic heterocycles. The predicted octanol–water partition coefficient (Wildman–Crippen LogP) is 5.29. The van der Waals surface area contributed by atoms with Crippen LogP contribution in [0.25, 0.3) is 0 Å². The van der Waals surface area contributed by atoms with Crippen LogP contribution in [0.15, 0.2) is 54.6 Å². The molecule has 2 aromatic rings. The van der Waals surface area contributed by atoms with E-state index in [0.29, 0.717) is 11.4 Å². The first kappa shape index (κ1) is 25.4. The van der Waals surface area contributed by atoms with Crippen molar-refractivity contribution in [3.63, 3.8) is 0 Å². The summed E-state index contributed by atoms with van der Waals surface area (Å²) in [6.45, 7) is 7.18. The van der Waals surface area contributed by atoms with Gasteiger partial charge in [0, 0.05) is 17.0 Å². The summed E-state index contributed by atoms with van der Waals surface area (Å²) in [6.07, 6.45) is -1.27. The van der Waals surface area contributed by atoms with Gasteiger partial charge in [-0.25, -0.2) is 4.79 Å². The fourth-order valence-electron chi connectivity index (χ4n) is 3.13. The molecule has 0 spiro atoms. The molecule has 6 nitrogen and oxygen atoms in total. The Bertz CT molecular complexity index is 906. The van der Waals surface area contributed by atoms with Crippen molar-refractivity contribution in [1.29, 1.82) is 0 Å². The first-order valence-electron chi connectivity index (χ1n) is 10.5. The number of hydrogen-bond donors (Lipinski definition) is 1. The van der Waals surface area contributed by atoms with Crippen LogP contribution in [0.2, 0.25) is 5.02 Å². The summed E-state index contributed by atoms with van der Waals surface area (Å²) in [5.74, 6) is -1.16. The molecule has 0 radical (unpaired) electrons. The molecule has 2 rings (SSSR count). The number of carbonyl (C=O) groups excluding carboxylic acids is 3. The molecule has 2 unspecified atom stereocenters. The van der Waals surface area contributed by atoms with Gasteiger partial charge in [0.2, 0.25) is 0 Å². The maximum Gasteiger partial charge on any atom is 0.407 e. The molecule has 1 amide bonds. The number of carbonyl (C=O) groups is 3. The zero-order valence-electron chi connectivity index (χ0n) is 18.9. The van der Waals surface area contributed by atoms with Crippen LogP contribution in [0.3, 0.4) is 0 Å². The Morgan fingerprint density at radius 2 is 1.62 bits per heavy atom. The van der Waals surface area contributed by atoms with Gasteiger partial charge in [0.05, 0.1) is 5.92 Å². The molecule has 32 heavy (non-hydrogen) atoms. The van der Waals surface area contributed by atoms with E-state index in [1.54, 1.807) is 52.0 Å². The zero-order valence-corrected chi connectivity index (χ0v) is 19.6. The van der Waals surface area contributed by atoms with Crippen molar-refractivity contribution in [2.75, 3.05) is 6.54 Å². The van der Waals surface area contributed by atoms with Crippen molar-refractivity contribution < 1.29 is 23.9 Å². The third-order valence-corrected chi connectivity index (χ3v) is 5.13. The van der Waals surface area contributed by atoms with Crippen molar-refractivity contribution in [2.45, 2.75) is 52.7 Å². The third-order valence-electron chi connectivity index (χ3n) is 4.88. The van der Waals surface area contributed by atoms with E-state index in [0.717, 1.165) is 11.1 Å². The Hall–Kier alpha value is -2.86. The number of amides is 1. The van der Waals surface area contributed by atoms with Gasteiger partial charge in [-0.1, -0.05) is 74.8 Å². The van der Waals surface area contributed by atoms with Gasteiger partial charge in [-0.15, -0.1) is 0 Å². The van der Waals surface area contributed by atoms with Crippen LogP contribution in [-0.4, -0.2) is 30.5 Å². The Labute approximate surface area is 194 Å². The van der Waals surface area contributed by atoms with E-state index in [4.69, 9.17) is 21.1 Å². The van der Waals surface area contributed by atoms with Crippen molar-refractivity contribution >= 4 is 29.4 Å². The first-order chi connectivity index (χ1) is 15.1. The standard InChI is InChI=1S/C25H30ClNO5/c1-17(22(28)25(2,3)4)32-24(30)27-15-14-21(19-10-12-20(26)13-11-19)23(29)31-16-18-8-6-5-7-9-18/h5-13,17,21H,14-16H2,1-4H3,(H,27,30). The van der Waals surface area contributed by atoms with Crippen LogP contribution in [0.5, 0.6) is 0 Å². The number of nitrogens with one attached hydrogen (secondary N) is 1. The van der Waals surface area contributed by atoms with Gasteiger partial charge in [0.1, 0.15) is 6.61 Å². The van der Waals surface area contributed by atoms with Crippen LogP contribution in [0.1, 0.15) is 51.2 Å². The number of Topliss-reactive ketones (excluding diaryl/α,β-unsaturated/α-hetero) is 1. The molecule has 0 heterocycles. The first-order valence-corrected chi connectivity index (χ1v) is 10.9. The van der Waals surface area contributed by atoms with E-state index in [1.165, 1.54) is 0 Å². The van der Waals surface area contributed by atoms with Gasteiger partial charge >= 0.3 is 12.1 Å². The highest BCUT2D eigenvalue weighted by Crippen LogP contribution is 2.24. The van der Waals surface area contributed by atoms with E-state index in [2.05, 4.69) is 5.32 Å². The summed E-state index contributed by atoms with van der Waals surface area (Å²) in [5.41, 5.74) is 1.01. The van der Waals surface area contributed by atoms with Gasteiger partial charge in [0.25, 0.3) is 0 Å². The van der Waals surface area contributed by atoms with E-state index in [-0.39, 0.29) is 18.9 Å². The average molecular weight is 460 g/mol. The predicted molar refractivity (Wildman–Crippen MR) is 123 cm³/mol. The molecule has 0 fully saturated rings. The zero-order chi connectivity index (χ0) is 23.7. The minimum Gasteiger partial charge on any atom is -0.460 e. The largest absolute Gasteiger partial charge is 0.460 e. The molecular formula is C25H30ClNO5. The Balaban J connectivity index is 1.96. The van der Waals surface area contributed by atoms with E-state index >= 15 is 0 Å². The molecule has 2 aromatic carbocycles. The molecule has 2 atom stereocenters. The molecule has 0 bridgehead atoms. The fourth-order valence-corrected chi connectivity index (χ4v) is 3.26. The third kappa shape index (κ3) is 8.00. The minimum atomic E-state index is -0.863. The number of hydrogen-bond acceptors (Lipinski definition) is 5. The van der Waals surface area contributed by atoms with Gasteiger partial charge < -0.3 is 14.8 Å². The lowest BCUT2D eigenvalue weighted by Gasteiger charge is -2.22. The minimum absolute atomic E-state index is 0.158. The van der Waals surface area contributed by atoms with Crippen LogP contribution in [0.4, 0.5) is 4.79 Å². The molecule has 0 saturated carbocycles. The molecule has 0 aliphatic heterocycles. The van der Waals surface area contributed by atoms with Gasteiger partial charge in [-0.05, 0) is 36.6 Å². The lowest BCUT2D eigenvalue weighted by atomic mass is 9.88. The SMILES string of the molecule is CC(OC(=O)NCCC(C(=O)OCc1ccccc1)c1ccc(Cl)cc1)C(=O)C(C)(C)C. The van der Waals surface area contributed by atoms with Crippen LogP contribution in [-0.2, 0) is 25.7 Å². The topological polar surface area (TPSA) is 81.7 Å². The molecule has 1 N–H and O–H groups in total. The summed E-state index contributed by atoms with van der Waals surface area (Å²) in [6, 6.07) is 16.3. The van der Waals surface area contributed by atoms with Gasteiger partial charge in [-0.3, -0.25) is 9.59 Å². The number of alkyl carbamates (subject to hydrolysis) is 1. The number of rotatable bonds is 9. The van der Waals surface area contributed by atoms with Crippen molar-refractivity contribution in [3.05, 3.63) is 70.7 Å². The lowest BCUT2D eigenvalue weighted by molar-refractivity contribution is -0.147. The Kier molecular flexibility index (Phi) is 9.27. The highest BCUT2D eigenvalue weighted by atomic mass is 35.5. The number of benzene rings is 2. The van der Waals surface area contributed by atoms with Crippen molar-refractivity contribution in [3.8, 4) is 0 Å². The normalized spacial score (nSPS) is 13.0. The maximum absolute atomic E-state index is 12.8. The summed E-state index contributed by atoms with van der Waals surface area (Å²) in [4.78, 5) is 37.1.